The van der Waals surface area contributed by atoms with E-state index in [4.69, 9.17) is 0 Å². The summed E-state index contributed by atoms with van der Waals surface area (Å²) < 4.78 is 1.72. The molecule has 1 unspecified atom stereocenters. The summed E-state index contributed by atoms with van der Waals surface area (Å²) in [4.78, 5) is 20.3. The Hall–Kier alpha value is -2.60. The van der Waals surface area contributed by atoms with Gasteiger partial charge in [-0.15, -0.1) is 11.8 Å². The van der Waals surface area contributed by atoms with E-state index in [2.05, 4.69) is 23.1 Å². The minimum atomic E-state index is -0.0800. The molecule has 3 heterocycles. The van der Waals surface area contributed by atoms with Crippen LogP contribution in [0.1, 0.15) is 17.4 Å². The van der Waals surface area contributed by atoms with E-state index in [-0.39, 0.29) is 5.91 Å². The van der Waals surface area contributed by atoms with E-state index in [0.717, 1.165) is 16.3 Å². The lowest BCUT2D eigenvalue weighted by atomic mass is 10.2. The Kier molecular flexibility index (Phi) is 3.82. The zero-order valence-electron chi connectivity index (χ0n) is 13.2. The summed E-state index contributed by atoms with van der Waals surface area (Å²) >= 11 is 1.80. The first-order valence-corrected chi connectivity index (χ1v) is 8.64. The van der Waals surface area contributed by atoms with Crippen molar-refractivity contribution in [2.75, 3.05) is 11.4 Å². The molecule has 1 aromatic carbocycles. The van der Waals surface area contributed by atoms with E-state index < -0.39 is 0 Å². The monoisotopic (exact) mass is 336 g/mol. The van der Waals surface area contributed by atoms with Crippen LogP contribution in [0.3, 0.4) is 0 Å². The molecule has 0 bridgehead atoms. The highest BCUT2D eigenvalue weighted by atomic mass is 32.2. The van der Waals surface area contributed by atoms with Crippen molar-refractivity contribution < 1.29 is 4.79 Å². The molecule has 1 amide bonds. The van der Waals surface area contributed by atoms with E-state index in [0.29, 0.717) is 17.5 Å². The van der Waals surface area contributed by atoms with Crippen LogP contribution in [0.15, 0.2) is 66.0 Å². The average Bonchev–Trinajstić information content (AvgIpc) is 3.15. The second-order valence-corrected chi connectivity index (χ2v) is 7.14. The molecule has 1 aliphatic rings. The fraction of sp³-hybridized carbons (Fsp3) is 0.167. The summed E-state index contributed by atoms with van der Waals surface area (Å²) in [6.45, 7) is 2.81. The van der Waals surface area contributed by atoms with Gasteiger partial charge in [-0.2, -0.15) is 5.10 Å². The number of benzene rings is 1. The summed E-state index contributed by atoms with van der Waals surface area (Å²) in [5.41, 5.74) is 2.21. The van der Waals surface area contributed by atoms with Gasteiger partial charge >= 0.3 is 0 Å². The zero-order valence-corrected chi connectivity index (χ0v) is 14.0. The van der Waals surface area contributed by atoms with Gasteiger partial charge in [0.05, 0.1) is 11.4 Å². The average molecular weight is 336 g/mol. The van der Waals surface area contributed by atoms with E-state index in [1.165, 1.54) is 0 Å². The third-order valence-corrected chi connectivity index (χ3v) is 5.05. The number of carbonyl (C=O) groups excluding carboxylic acids is 1. The Balaban J connectivity index is 1.71. The molecule has 0 N–H and O–H groups in total. The molecule has 0 fully saturated rings. The maximum Gasteiger partial charge on any atom is 0.277 e. The van der Waals surface area contributed by atoms with E-state index in [1.807, 2.05) is 41.4 Å². The Morgan fingerprint density at radius 2 is 2.08 bits per heavy atom. The van der Waals surface area contributed by atoms with Crippen molar-refractivity contribution in [1.29, 1.82) is 0 Å². The Morgan fingerprint density at radius 1 is 1.21 bits per heavy atom. The topological polar surface area (TPSA) is 51.0 Å². The standard InChI is InChI=1S/C18H16N4OS/c1-13-12-21(16-5-2-3-6-17(16)24-13)18(23)15-11-14(7-9-19-15)22-10-4-8-20-22/h2-11,13H,12H2,1H3. The van der Waals surface area contributed by atoms with Crippen LogP contribution in [0.25, 0.3) is 5.69 Å². The van der Waals surface area contributed by atoms with Gasteiger partial charge < -0.3 is 4.90 Å². The van der Waals surface area contributed by atoms with Crippen LogP contribution in [0.5, 0.6) is 0 Å². The van der Waals surface area contributed by atoms with Crippen LogP contribution < -0.4 is 4.90 Å². The molecule has 0 radical (unpaired) electrons. The largest absolute Gasteiger partial charge is 0.305 e. The number of thioether (sulfide) groups is 1. The minimum Gasteiger partial charge on any atom is -0.305 e. The summed E-state index contributed by atoms with van der Waals surface area (Å²) in [5.74, 6) is -0.0800. The van der Waals surface area contributed by atoms with Gasteiger partial charge in [-0.1, -0.05) is 19.1 Å². The van der Waals surface area contributed by atoms with Gasteiger partial charge in [-0.25, -0.2) is 4.68 Å². The van der Waals surface area contributed by atoms with Crippen molar-refractivity contribution in [2.24, 2.45) is 0 Å². The highest BCUT2D eigenvalue weighted by Gasteiger charge is 2.28. The minimum absolute atomic E-state index is 0.0800. The molecule has 0 saturated heterocycles. The summed E-state index contributed by atoms with van der Waals surface area (Å²) in [5, 5.41) is 4.55. The third-order valence-electron chi connectivity index (χ3n) is 3.90. The first kappa shape index (κ1) is 15.0. The number of pyridine rings is 1. The molecular formula is C18H16N4OS. The quantitative estimate of drug-likeness (QED) is 0.720. The summed E-state index contributed by atoms with van der Waals surface area (Å²) in [6.07, 6.45) is 5.21. The number of hydrogen-bond acceptors (Lipinski definition) is 4. The molecule has 5 nitrogen and oxygen atoms in total. The van der Waals surface area contributed by atoms with Crippen molar-refractivity contribution in [2.45, 2.75) is 17.1 Å². The molecule has 24 heavy (non-hydrogen) atoms. The second-order valence-electron chi connectivity index (χ2n) is 5.66. The van der Waals surface area contributed by atoms with Crippen LogP contribution in [-0.4, -0.2) is 32.5 Å². The SMILES string of the molecule is CC1CN(C(=O)c2cc(-n3cccn3)ccn2)c2ccccc2S1. The lowest BCUT2D eigenvalue weighted by molar-refractivity contribution is 0.0981. The third kappa shape index (κ3) is 2.69. The van der Waals surface area contributed by atoms with Crippen LogP contribution >= 0.6 is 11.8 Å². The Morgan fingerprint density at radius 3 is 2.92 bits per heavy atom. The second kappa shape index (κ2) is 6.13. The maximum atomic E-state index is 13.1. The Bertz CT molecular complexity index is 878. The normalized spacial score (nSPS) is 16.7. The van der Waals surface area contributed by atoms with Gasteiger partial charge in [0.1, 0.15) is 5.69 Å². The fourth-order valence-corrected chi connectivity index (χ4v) is 3.93. The molecule has 120 valence electrons. The highest BCUT2D eigenvalue weighted by molar-refractivity contribution is 8.00. The molecule has 3 aromatic rings. The molecule has 4 rings (SSSR count). The smallest absolute Gasteiger partial charge is 0.277 e. The van der Waals surface area contributed by atoms with Crippen molar-refractivity contribution in [3.05, 3.63) is 66.7 Å². The van der Waals surface area contributed by atoms with Gasteiger partial charge in [-0.3, -0.25) is 9.78 Å². The van der Waals surface area contributed by atoms with Crippen molar-refractivity contribution >= 4 is 23.4 Å². The molecular weight excluding hydrogens is 320 g/mol. The molecule has 1 aliphatic heterocycles. The van der Waals surface area contributed by atoms with Gasteiger partial charge in [-0.05, 0) is 30.3 Å². The van der Waals surface area contributed by atoms with Gasteiger partial charge in [0.2, 0.25) is 0 Å². The van der Waals surface area contributed by atoms with Gasteiger partial charge in [0.25, 0.3) is 5.91 Å². The highest BCUT2D eigenvalue weighted by Crippen LogP contribution is 2.38. The summed E-state index contributed by atoms with van der Waals surface area (Å²) in [7, 11) is 0. The van der Waals surface area contributed by atoms with E-state index >= 15 is 0 Å². The number of aromatic nitrogens is 3. The van der Waals surface area contributed by atoms with Crippen LogP contribution in [0.2, 0.25) is 0 Å². The molecule has 0 aliphatic carbocycles. The number of fused-ring (bicyclic) bond motifs is 1. The molecule has 6 heteroatoms. The van der Waals surface area contributed by atoms with Gasteiger partial charge in [0.15, 0.2) is 0 Å². The lowest BCUT2D eigenvalue weighted by Gasteiger charge is -2.32. The number of nitrogens with zero attached hydrogens (tertiary/aromatic N) is 4. The van der Waals surface area contributed by atoms with Crippen LogP contribution in [0.4, 0.5) is 5.69 Å². The van der Waals surface area contributed by atoms with E-state index in [9.17, 15) is 4.79 Å². The number of anilines is 1. The molecule has 2 aromatic heterocycles. The first-order chi connectivity index (χ1) is 11.7. The van der Waals surface area contributed by atoms with Crippen LogP contribution in [-0.2, 0) is 0 Å². The molecule has 0 saturated carbocycles. The number of para-hydroxylation sites is 1. The van der Waals surface area contributed by atoms with Crippen molar-refractivity contribution in [1.82, 2.24) is 14.8 Å². The predicted octanol–water partition coefficient (Wildman–Crippen LogP) is 3.41. The van der Waals surface area contributed by atoms with Crippen LogP contribution in [0, 0.1) is 0 Å². The number of amides is 1. The fourth-order valence-electron chi connectivity index (χ4n) is 2.82. The van der Waals surface area contributed by atoms with Gasteiger partial charge in [0, 0.05) is 35.3 Å². The number of rotatable bonds is 2. The number of hydrogen-bond donors (Lipinski definition) is 0. The molecule has 0 spiro atoms. The van der Waals surface area contributed by atoms with Crippen molar-refractivity contribution in [3.63, 3.8) is 0 Å². The first-order valence-electron chi connectivity index (χ1n) is 7.76. The maximum absolute atomic E-state index is 13.1. The van der Waals surface area contributed by atoms with E-state index in [1.54, 1.807) is 34.9 Å². The number of carbonyl (C=O) groups is 1. The summed E-state index contributed by atoms with van der Waals surface area (Å²) in [6, 6.07) is 13.5. The molecule has 1 atom stereocenters. The zero-order chi connectivity index (χ0) is 16.5. The lowest BCUT2D eigenvalue weighted by Crippen LogP contribution is -2.39. The Labute approximate surface area is 144 Å². The van der Waals surface area contributed by atoms with Crippen molar-refractivity contribution in [3.8, 4) is 5.69 Å². The predicted molar refractivity (Wildman–Crippen MR) is 94.8 cm³/mol.